The largest absolute Gasteiger partial charge is 0.444 e. The summed E-state index contributed by atoms with van der Waals surface area (Å²) in [5.41, 5.74) is 0.539. The monoisotopic (exact) mass is 482 g/mol. The fourth-order valence-electron chi connectivity index (χ4n) is 1.81. The molecular formula is C17H28ClIN4O2. The molecule has 0 saturated heterocycles. The molecule has 1 aromatic rings. The van der Waals surface area contributed by atoms with E-state index in [-0.39, 0.29) is 24.0 Å². The van der Waals surface area contributed by atoms with E-state index in [9.17, 15) is 4.79 Å². The fourth-order valence-corrected chi connectivity index (χ4v) is 2.02. The molecule has 1 rings (SSSR count). The van der Waals surface area contributed by atoms with E-state index >= 15 is 0 Å². The van der Waals surface area contributed by atoms with Crippen LogP contribution in [0.25, 0.3) is 0 Å². The van der Waals surface area contributed by atoms with Gasteiger partial charge in [-0.3, -0.25) is 0 Å². The minimum Gasteiger partial charge on any atom is -0.444 e. The van der Waals surface area contributed by atoms with Crippen LogP contribution in [0.5, 0.6) is 0 Å². The third-order valence-electron chi connectivity index (χ3n) is 2.74. The Morgan fingerprint density at radius 1 is 1.20 bits per heavy atom. The quantitative estimate of drug-likeness (QED) is 0.251. The van der Waals surface area contributed by atoms with Crippen molar-refractivity contribution in [3.05, 3.63) is 34.9 Å². The van der Waals surface area contributed by atoms with Gasteiger partial charge in [-0.25, -0.2) is 9.79 Å². The average molecular weight is 483 g/mol. The first-order chi connectivity index (χ1) is 11.3. The lowest BCUT2D eigenvalue weighted by atomic mass is 10.2. The number of halogens is 2. The first-order valence-corrected chi connectivity index (χ1v) is 8.41. The molecule has 0 aliphatic heterocycles. The van der Waals surface area contributed by atoms with Gasteiger partial charge in [-0.2, -0.15) is 0 Å². The van der Waals surface area contributed by atoms with E-state index in [4.69, 9.17) is 16.3 Å². The number of guanidine groups is 1. The molecule has 0 aromatic heterocycles. The van der Waals surface area contributed by atoms with Gasteiger partial charge < -0.3 is 20.7 Å². The summed E-state index contributed by atoms with van der Waals surface area (Å²) in [6, 6.07) is 7.60. The van der Waals surface area contributed by atoms with Gasteiger partial charge in [-0.15, -0.1) is 24.0 Å². The van der Waals surface area contributed by atoms with Crippen LogP contribution >= 0.6 is 35.6 Å². The van der Waals surface area contributed by atoms with Crippen LogP contribution in [-0.2, 0) is 11.3 Å². The summed E-state index contributed by atoms with van der Waals surface area (Å²) in [7, 11) is 0. The number of ether oxygens (including phenoxy) is 1. The van der Waals surface area contributed by atoms with Crippen LogP contribution in [0.3, 0.4) is 0 Å². The van der Waals surface area contributed by atoms with Crippen molar-refractivity contribution in [2.75, 3.05) is 19.6 Å². The van der Waals surface area contributed by atoms with Crippen LogP contribution in [0.4, 0.5) is 4.79 Å². The van der Waals surface area contributed by atoms with Gasteiger partial charge in [0.05, 0.1) is 6.54 Å². The van der Waals surface area contributed by atoms with Crippen molar-refractivity contribution < 1.29 is 9.53 Å². The maximum atomic E-state index is 11.6. The summed E-state index contributed by atoms with van der Waals surface area (Å²) in [6.07, 6.45) is -0.426. The maximum absolute atomic E-state index is 11.6. The number of benzene rings is 1. The summed E-state index contributed by atoms with van der Waals surface area (Å²) >= 11 is 5.97. The molecule has 0 atom stereocenters. The Morgan fingerprint density at radius 3 is 2.48 bits per heavy atom. The minimum absolute atomic E-state index is 0. The molecule has 1 aromatic carbocycles. The number of nitrogens with one attached hydrogen (secondary N) is 3. The van der Waals surface area contributed by atoms with Gasteiger partial charge in [-0.05, 0) is 45.4 Å². The molecule has 25 heavy (non-hydrogen) atoms. The van der Waals surface area contributed by atoms with Crippen molar-refractivity contribution in [2.45, 2.75) is 39.8 Å². The number of hydrogen-bond acceptors (Lipinski definition) is 3. The van der Waals surface area contributed by atoms with Gasteiger partial charge in [0, 0.05) is 24.7 Å². The molecular weight excluding hydrogens is 455 g/mol. The Hall–Kier alpha value is -1.22. The first-order valence-electron chi connectivity index (χ1n) is 8.03. The summed E-state index contributed by atoms with van der Waals surface area (Å²) < 4.78 is 5.17. The lowest BCUT2D eigenvalue weighted by Crippen LogP contribution is -2.42. The van der Waals surface area contributed by atoms with Crippen LogP contribution in [0, 0.1) is 0 Å². The van der Waals surface area contributed by atoms with Gasteiger partial charge in [0.25, 0.3) is 0 Å². The third-order valence-corrected chi connectivity index (χ3v) is 2.97. The molecule has 0 saturated carbocycles. The van der Waals surface area contributed by atoms with Gasteiger partial charge in [0.15, 0.2) is 5.96 Å². The van der Waals surface area contributed by atoms with Crippen LogP contribution in [-0.4, -0.2) is 37.3 Å². The van der Waals surface area contributed by atoms with Crippen LogP contribution < -0.4 is 16.0 Å². The molecule has 0 spiro atoms. The van der Waals surface area contributed by atoms with Crippen molar-refractivity contribution in [1.82, 2.24) is 16.0 Å². The van der Waals surface area contributed by atoms with E-state index < -0.39 is 11.7 Å². The predicted molar refractivity (Wildman–Crippen MR) is 114 cm³/mol. The second kappa shape index (κ2) is 12.2. The van der Waals surface area contributed by atoms with Crippen molar-refractivity contribution in [3.63, 3.8) is 0 Å². The summed E-state index contributed by atoms with van der Waals surface area (Å²) in [4.78, 5) is 16.0. The molecule has 0 bridgehead atoms. The molecule has 0 radical (unpaired) electrons. The molecule has 0 aliphatic rings. The highest BCUT2D eigenvalue weighted by Crippen LogP contribution is 2.11. The van der Waals surface area contributed by atoms with E-state index in [2.05, 4.69) is 20.9 Å². The lowest BCUT2D eigenvalue weighted by Gasteiger charge is -2.19. The number of nitrogens with zero attached hydrogens (tertiary/aromatic N) is 1. The number of rotatable bonds is 6. The van der Waals surface area contributed by atoms with E-state index in [1.807, 2.05) is 52.0 Å². The Balaban J connectivity index is 0.00000576. The van der Waals surface area contributed by atoms with Gasteiger partial charge in [0.2, 0.25) is 0 Å². The Labute approximate surface area is 172 Å². The van der Waals surface area contributed by atoms with Crippen LogP contribution in [0.15, 0.2) is 29.3 Å². The third kappa shape index (κ3) is 11.9. The number of carbonyl (C=O) groups is 1. The zero-order valence-electron chi connectivity index (χ0n) is 15.2. The van der Waals surface area contributed by atoms with E-state index in [0.717, 1.165) is 12.1 Å². The smallest absolute Gasteiger partial charge is 0.407 e. The highest BCUT2D eigenvalue weighted by molar-refractivity contribution is 14.0. The molecule has 0 aliphatic carbocycles. The molecule has 6 nitrogen and oxygen atoms in total. The van der Waals surface area contributed by atoms with Gasteiger partial charge >= 0.3 is 6.09 Å². The van der Waals surface area contributed by atoms with Crippen molar-refractivity contribution in [1.29, 1.82) is 0 Å². The SMILES string of the molecule is CCNC(=NCc1cccc(Cl)c1)NCCNC(=O)OC(C)(C)C.I. The number of carbonyl (C=O) groups excluding carboxylic acids is 1. The molecule has 8 heteroatoms. The van der Waals surface area contributed by atoms with Crippen molar-refractivity contribution >= 4 is 47.6 Å². The molecule has 0 unspecified atom stereocenters. The van der Waals surface area contributed by atoms with Crippen molar-refractivity contribution in [2.24, 2.45) is 4.99 Å². The second-order valence-electron chi connectivity index (χ2n) is 6.18. The summed E-state index contributed by atoms with van der Waals surface area (Å²) in [6.45, 7) is 9.74. The number of aliphatic imine (C=N–C) groups is 1. The Kier molecular flexibility index (Phi) is 11.6. The zero-order chi connectivity index (χ0) is 18.0. The molecule has 142 valence electrons. The number of amides is 1. The average Bonchev–Trinajstić information content (AvgIpc) is 2.47. The Morgan fingerprint density at radius 2 is 1.88 bits per heavy atom. The molecule has 0 heterocycles. The van der Waals surface area contributed by atoms with E-state index in [1.165, 1.54) is 0 Å². The van der Waals surface area contributed by atoms with E-state index in [1.54, 1.807) is 0 Å². The second-order valence-corrected chi connectivity index (χ2v) is 6.62. The summed E-state index contributed by atoms with van der Waals surface area (Å²) in [5.74, 6) is 0.684. The highest BCUT2D eigenvalue weighted by Gasteiger charge is 2.15. The number of alkyl carbamates (subject to hydrolysis) is 1. The summed E-state index contributed by atoms with van der Waals surface area (Å²) in [5, 5.41) is 9.71. The number of hydrogen-bond donors (Lipinski definition) is 3. The zero-order valence-corrected chi connectivity index (χ0v) is 18.3. The van der Waals surface area contributed by atoms with E-state index in [0.29, 0.717) is 30.6 Å². The molecule has 1 amide bonds. The standard InChI is InChI=1S/C17H27ClN4O2.HI/c1-5-19-15(22-12-13-7-6-8-14(18)11-13)20-9-10-21-16(23)24-17(2,3)4;/h6-8,11H,5,9-10,12H2,1-4H3,(H,21,23)(H2,19,20,22);1H. The van der Waals surface area contributed by atoms with Crippen LogP contribution in [0.2, 0.25) is 5.02 Å². The highest BCUT2D eigenvalue weighted by atomic mass is 127. The first kappa shape index (κ1) is 23.8. The minimum atomic E-state index is -0.495. The lowest BCUT2D eigenvalue weighted by molar-refractivity contribution is 0.0529. The molecule has 0 fully saturated rings. The fraction of sp³-hybridized carbons (Fsp3) is 0.529. The molecule has 3 N–H and O–H groups in total. The van der Waals surface area contributed by atoms with Gasteiger partial charge in [-0.1, -0.05) is 23.7 Å². The maximum Gasteiger partial charge on any atom is 0.407 e. The normalized spacial score (nSPS) is 11.3. The van der Waals surface area contributed by atoms with Gasteiger partial charge in [0.1, 0.15) is 5.60 Å². The van der Waals surface area contributed by atoms with Crippen molar-refractivity contribution in [3.8, 4) is 0 Å². The predicted octanol–water partition coefficient (Wildman–Crippen LogP) is 3.54. The van der Waals surface area contributed by atoms with Crippen LogP contribution in [0.1, 0.15) is 33.3 Å². The topological polar surface area (TPSA) is 74.8 Å². The Bertz CT molecular complexity index is 562.